The zero-order valence-electron chi connectivity index (χ0n) is 10.2. The molecule has 2 rings (SSSR count). The van der Waals surface area contributed by atoms with Crippen molar-refractivity contribution in [2.24, 2.45) is 0 Å². The molecule has 1 fully saturated rings. The third kappa shape index (κ3) is 3.02. The Balaban J connectivity index is 2.12. The molecule has 1 heterocycles. The lowest BCUT2D eigenvalue weighted by Crippen LogP contribution is -2.47. The van der Waals surface area contributed by atoms with Gasteiger partial charge in [-0.25, -0.2) is 0 Å². The Kier molecular flexibility index (Phi) is 4.22. The molecule has 2 atom stereocenters. The van der Waals surface area contributed by atoms with Crippen LogP contribution in [0.15, 0.2) is 24.3 Å². The number of aliphatic carboxylic acids is 1. The molecular formula is C13H16ClNO3. The normalized spacial score (nSPS) is 25.0. The Labute approximate surface area is 111 Å². The summed E-state index contributed by atoms with van der Waals surface area (Å²) in [5, 5.41) is 9.55. The predicted molar refractivity (Wildman–Crippen MR) is 68.8 cm³/mol. The average Bonchev–Trinajstić information content (AvgIpc) is 2.32. The molecule has 4 nitrogen and oxygen atoms in total. The highest BCUT2D eigenvalue weighted by Crippen LogP contribution is 2.29. The number of benzene rings is 1. The highest BCUT2D eigenvalue weighted by molar-refractivity contribution is 6.31. The second kappa shape index (κ2) is 5.69. The maximum atomic E-state index is 10.8. The number of carboxylic acids is 1. The molecule has 18 heavy (non-hydrogen) atoms. The molecule has 0 spiro atoms. The van der Waals surface area contributed by atoms with E-state index in [2.05, 4.69) is 0 Å². The van der Waals surface area contributed by atoms with E-state index in [9.17, 15) is 4.79 Å². The van der Waals surface area contributed by atoms with Crippen molar-refractivity contribution >= 4 is 17.6 Å². The summed E-state index contributed by atoms with van der Waals surface area (Å²) in [6, 6.07) is 7.62. The second-order valence-corrected chi connectivity index (χ2v) is 4.92. The summed E-state index contributed by atoms with van der Waals surface area (Å²) in [6.07, 6.45) is -0.158. The summed E-state index contributed by atoms with van der Waals surface area (Å²) in [6.45, 7) is 3.07. The van der Waals surface area contributed by atoms with E-state index >= 15 is 0 Å². The minimum atomic E-state index is -0.818. The van der Waals surface area contributed by atoms with Crippen molar-refractivity contribution in [3.63, 3.8) is 0 Å². The van der Waals surface area contributed by atoms with Crippen molar-refractivity contribution in [1.82, 2.24) is 4.90 Å². The Hall–Kier alpha value is -1.10. The van der Waals surface area contributed by atoms with Gasteiger partial charge in [-0.1, -0.05) is 29.8 Å². The number of carboxylic acid groups (broad SMARTS) is 1. The van der Waals surface area contributed by atoms with Crippen LogP contribution in [0.2, 0.25) is 5.02 Å². The lowest BCUT2D eigenvalue weighted by molar-refractivity contribution is -0.142. The zero-order valence-corrected chi connectivity index (χ0v) is 10.9. The van der Waals surface area contributed by atoms with E-state index in [4.69, 9.17) is 21.4 Å². The molecular weight excluding hydrogens is 254 g/mol. The van der Waals surface area contributed by atoms with Gasteiger partial charge in [-0.3, -0.25) is 9.69 Å². The van der Waals surface area contributed by atoms with Gasteiger partial charge in [0.25, 0.3) is 0 Å². The van der Waals surface area contributed by atoms with Gasteiger partial charge in [-0.2, -0.15) is 0 Å². The van der Waals surface area contributed by atoms with Crippen LogP contribution in [0.3, 0.4) is 0 Å². The average molecular weight is 270 g/mol. The van der Waals surface area contributed by atoms with Crippen LogP contribution in [0.1, 0.15) is 18.6 Å². The molecule has 5 heteroatoms. The van der Waals surface area contributed by atoms with Crippen molar-refractivity contribution in [3.8, 4) is 0 Å². The topological polar surface area (TPSA) is 49.8 Å². The molecule has 0 unspecified atom stereocenters. The smallest absolute Gasteiger partial charge is 0.317 e. The van der Waals surface area contributed by atoms with E-state index in [0.717, 1.165) is 5.56 Å². The fourth-order valence-electron chi connectivity index (χ4n) is 2.12. The largest absolute Gasteiger partial charge is 0.480 e. The molecule has 0 aliphatic carbocycles. The maximum absolute atomic E-state index is 10.8. The molecule has 1 saturated heterocycles. The van der Waals surface area contributed by atoms with Crippen LogP contribution in [0.25, 0.3) is 0 Å². The van der Waals surface area contributed by atoms with Crippen molar-refractivity contribution in [1.29, 1.82) is 0 Å². The van der Waals surface area contributed by atoms with E-state index in [1.54, 1.807) is 0 Å². The van der Waals surface area contributed by atoms with Crippen LogP contribution in [0.4, 0.5) is 0 Å². The molecule has 1 aliphatic heterocycles. The monoisotopic (exact) mass is 269 g/mol. The molecule has 0 radical (unpaired) electrons. The summed E-state index contributed by atoms with van der Waals surface area (Å²) in [4.78, 5) is 12.7. The molecule has 0 amide bonds. The molecule has 0 aromatic heterocycles. The Morgan fingerprint density at radius 2 is 2.28 bits per heavy atom. The van der Waals surface area contributed by atoms with E-state index in [0.29, 0.717) is 18.2 Å². The van der Waals surface area contributed by atoms with Crippen LogP contribution in [0, 0.1) is 0 Å². The number of carbonyl (C=O) groups is 1. The van der Waals surface area contributed by atoms with Gasteiger partial charge in [0.15, 0.2) is 0 Å². The van der Waals surface area contributed by atoms with Crippen molar-refractivity contribution in [2.75, 3.05) is 19.7 Å². The first kappa shape index (κ1) is 13.3. The molecule has 0 saturated carbocycles. The fourth-order valence-corrected chi connectivity index (χ4v) is 2.38. The quantitative estimate of drug-likeness (QED) is 0.914. The number of hydrogen-bond acceptors (Lipinski definition) is 3. The van der Waals surface area contributed by atoms with Gasteiger partial charge in [-0.05, 0) is 13.0 Å². The summed E-state index contributed by atoms with van der Waals surface area (Å²) in [5.74, 6) is -0.818. The Bertz CT molecular complexity index is 438. The van der Waals surface area contributed by atoms with Crippen molar-refractivity contribution < 1.29 is 14.6 Å². The van der Waals surface area contributed by atoms with E-state index in [1.165, 1.54) is 0 Å². The zero-order chi connectivity index (χ0) is 13.1. The molecule has 1 aliphatic rings. The van der Waals surface area contributed by atoms with Crippen LogP contribution < -0.4 is 0 Å². The number of rotatable bonds is 3. The van der Waals surface area contributed by atoms with Gasteiger partial charge in [0, 0.05) is 23.2 Å². The highest BCUT2D eigenvalue weighted by Gasteiger charge is 2.29. The first-order valence-corrected chi connectivity index (χ1v) is 6.27. The minimum Gasteiger partial charge on any atom is -0.480 e. The third-order valence-corrected chi connectivity index (χ3v) is 3.50. The van der Waals surface area contributed by atoms with Gasteiger partial charge in [0.1, 0.15) is 0 Å². The maximum Gasteiger partial charge on any atom is 0.317 e. The summed E-state index contributed by atoms with van der Waals surface area (Å²) < 4.78 is 5.75. The predicted octanol–water partition coefficient (Wildman–Crippen LogP) is 2.19. The van der Waals surface area contributed by atoms with E-state index < -0.39 is 5.97 Å². The number of halogens is 1. The number of morpholine rings is 1. The van der Waals surface area contributed by atoms with Crippen molar-refractivity contribution in [2.45, 2.75) is 19.1 Å². The van der Waals surface area contributed by atoms with Gasteiger partial charge in [0.2, 0.25) is 0 Å². The molecule has 98 valence electrons. The van der Waals surface area contributed by atoms with E-state index in [-0.39, 0.29) is 18.7 Å². The van der Waals surface area contributed by atoms with Crippen LogP contribution in [-0.4, -0.2) is 41.7 Å². The standard InChI is InChI=1S/C13H16ClNO3/c1-9-8-18-12(6-15(9)7-13(16)17)10-4-2-3-5-11(10)14/h2-5,9,12H,6-8H2,1H3,(H,16,17)/t9-,12-/m0/s1. The SMILES string of the molecule is C[C@H]1CO[C@H](c2ccccc2Cl)CN1CC(=O)O. The molecule has 1 aromatic rings. The Morgan fingerprint density at radius 3 is 2.94 bits per heavy atom. The lowest BCUT2D eigenvalue weighted by atomic mass is 10.1. The van der Waals surface area contributed by atoms with Gasteiger partial charge >= 0.3 is 5.97 Å². The number of ether oxygens (including phenoxy) is 1. The number of nitrogens with zero attached hydrogens (tertiary/aromatic N) is 1. The van der Waals surface area contributed by atoms with E-state index in [1.807, 2.05) is 36.1 Å². The first-order valence-electron chi connectivity index (χ1n) is 5.90. The van der Waals surface area contributed by atoms with Crippen LogP contribution >= 0.6 is 11.6 Å². The van der Waals surface area contributed by atoms with Crippen LogP contribution in [0.5, 0.6) is 0 Å². The summed E-state index contributed by atoms with van der Waals surface area (Å²) in [7, 11) is 0. The summed E-state index contributed by atoms with van der Waals surface area (Å²) >= 11 is 6.13. The van der Waals surface area contributed by atoms with Gasteiger partial charge in [-0.15, -0.1) is 0 Å². The van der Waals surface area contributed by atoms with Gasteiger partial charge < -0.3 is 9.84 Å². The number of hydrogen-bond donors (Lipinski definition) is 1. The first-order chi connectivity index (χ1) is 8.58. The minimum absolute atomic E-state index is 0.0332. The fraction of sp³-hybridized carbons (Fsp3) is 0.462. The lowest BCUT2D eigenvalue weighted by Gasteiger charge is -2.37. The molecule has 1 N–H and O–H groups in total. The molecule has 0 bridgehead atoms. The van der Waals surface area contributed by atoms with Crippen molar-refractivity contribution in [3.05, 3.63) is 34.9 Å². The Morgan fingerprint density at radius 1 is 1.56 bits per heavy atom. The third-order valence-electron chi connectivity index (χ3n) is 3.15. The highest BCUT2D eigenvalue weighted by atomic mass is 35.5. The van der Waals surface area contributed by atoms with Gasteiger partial charge in [0.05, 0.1) is 19.3 Å². The van der Waals surface area contributed by atoms with Crippen LogP contribution in [-0.2, 0) is 9.53 Å². The second-order valence-electron chi connectivity index (χ2n) is 4.52. The summed E-state index contributed by atoms with van der Waals surface area (Å²) in [5.41, 5.74) is 0.918. The molecule has 1 aromatic carbocycles.